The molecule has 0 aliphatic carbocycles. The molecule has 0 amide bonds. The molecule has 2 unspecified atom stereocenters. The van der Waals surface area contributed by atoms with Gasteiger partial charge in [0.15, 0.2) is 6.10 Å². The fourth-order valence-electron chi connectivity index (χ4n) is 11.0. The third-order valence-corrected chi connectivity index (χ3v) is 18.3. The molecule has 2 atom stereocenters. The lowest BCUT2D eigenvalue weighted by Gasteiger charge is -2.28. The van der Waals surface area contributed by atoms with Gasteiger partial charge in [-0.1, -0.05) is 368 Å². The molecule has 0 rings (SSSR count). The average Bonchev–Trinajstić information content (AvgIpc) is 0.915. The molecular formula is C94H154NO8P. The second kappa shape index (κ2) is 81.7. The van der Waals surface area contributed by atoms with Crippen molar-refractivity contribution in [3.63, 3.8) is 0 Å². The molecule has 0 radical (unpaired) electrons. The van der Waals surface area contributed by atoms with E-state index < -0.39 is 26.5 Å². The zero-order valence-corrected chi connectivity index (χ0v) is 68.0. The number of phosphoric acid groups is 1. The molecule has 0 aliphatic heterocycles. The Balaban J connectivity index is 4.02. The lowest BCUT2D eigenvalue weighted by Crippen LogP contribution is -2.37. The first-order valence-electron chi connectivity index (χ1n) is 41.8. The molecule has 0 heterocycles. The van der Waals surface area contributed by atoms with Crippen molar-refractivity contribution in [2.24, 2.45) is 0 Å². The number of hydrogen-bond acceptors (Lipinski definition) is 8. The first kappa shape index (κ1) is 98.6. The average molecular weight is 1460 g/mol. The quantitative estimate of drug-likeness (QED) is 0.0195. The molecule has 0 spiro atoms. The molecule has 9 nitrogen and oxygen atoms in total. The fourth-order valence-corrected chi connectivity index (χ4v) is 11.7. The van der Waals surface area contributed by atoms with Crippen LogP contribution < -0.4 is 4.89 Å². The molecule has 0 aliphatic rings. The summed E-state index contributed by atoms with van der Waals surface area (Å²) in [6, 6.07) is 0. The summed E-state index contributed by atoms with van der Waals surface area (Å²) >= 11 is 0. The van der Waals surface area contributed by atoms with Gasteiger partial charge in [0.2, 0.25) is 0 Å². The number of nitrogens with zero attached hydrogens (tertiary/aromatic N) is 1. The summed E-state index contributed by atoms with van der Waals surface area (Å²) in [7, 11) is 1.15. The van der Waals surface area contributed by atoms with E-state index in [1.807, 2.05) is 21.1 Å². The van der Waals surface area contributed by atoms with Crippen LogP contribution in [0, 0.1) is 0 Å². The molecule has 0 saturated heterocycles. The van der Waals surface area contributed by atoms with E-state index in [2.05, 4.69) is 220 Å². The van der Waals surface area contributed by atoms with Crippen molar-refractivity contribution >= 4 is 19.8 Å². The first-order chi connectivity index (χ1) is 51.0. The summed E-state index contributed by atoms with van der Waals surface area (Å²) in [5, 5.41) is 0. The lowest BCUT2D eigenvalue weighted by atomic mass is 10.0. The summed E-state index contributed by atoms with van der Waals surface area (Å²) < 4.78 is 34.4. The second-order valence-corrected chi connectivity index (χ2v) is 29.8. The zero-order valence-electron chi connectivity index (χ0n) is 67.1. The Hall–Kier alpha value is -5.41. The van der Waals surface area contributed by atoms with Crippen molar-refractivity contribution in [1.29, 1.82) is 0 Å². The summed E-state index contributed by atoms with van der Waals surface area (Å²) in [5.74, 6) is -0.839. The van der Waals surface area contributed by atoms with Crippen LogP contribution >= 0.6 is 7.82 Å². The van der Waals surface area contributed by atoms with Crippen molar-refractivity contribution in [2.45, 2.75) is 328 Å². The molecule has 0 aromatic carbocycles. The van der Waals surface area contributed by atoms with Crippen LogP contribution in [0.25, 0.3) is 0 Å². The number of carbonyl (C=O) groups excluding carboxylic acids is 2. The van der Waals surface area contributed by atoms with Gasteiger partial charge in [-0.3, -0.25) is 14.2 Å². The van der Waals surface area contributed by atoms with Gasteiger partial charge in [0.1, 0.15) is 19.8 Å². The predicted molar refractivity (Wildman–Crippen MR) is 452 cm³/mol. The van der Waals surface area contributed by atoms with Crippen molar-refractivity contribution in [3.8, 4) is 0 Å². The molecule has 588 valence electrons. The van der Waals surface area contributed by atoms with Crippen LogP contribution in [0.1, 0.15) is 322 Å². The number of hydrogen-bond donors (Lipinski definition) is 0. The van der Waals surface area contributed by atoms with E-state index in [0.29, 0.717) is 17.4 Å². The highest BCUT2D eigenvalue weighted by Gasteiger charge is 2.22. The maximum atomic E-state index is 12.9. The number of ether oxygens (including phenoxy) is 2. The minimum Gasteiger partial charge on any atom is -0.756 e. The van der Waals surface area contributed by atoms with E-state index in [0.717, 1.165) is 154 Å². The Morgan fingerprint density at radius 1 is 0.298 bits per heavy atom. The summed E-state index contributed by atoms with van der Waals surface area (Å²) in [6.07, 6.45) is 128. The van der Waals surface area contributed by atoms with Crippen molar-refractivity contribution in [1.82, 2.24) is 0 Å². The van der Waals surface area contributed by atoms with Gasteiger partial charge in [0.25, 0.3) is 7.82 Å². The van der Waals surface area contributed by atoms with Crippen LogP contribution in [-0.4, -0.2) is 70.0 Å². The molecule has 0 N–H and O–H groups in total. The van der Waals surface area contributed by atoms with Crippen LogP contribution in [0.3, 0.4) is 0 Å². The standard InChI is InChI=1S/C94H154NO8P/c1-6-8-10-12-14-16-18-20-22-24-26-28-30-32-34-36-38-40-42-44-46-47-49-50-52-54-56-58-60-62-64-66-68-70-72-74-76-78-80-82-84-86-93(96)100-90-92(91-102-104(98,99)101-89-88-95(3,4)5)103-94(97)87-85-83-81-79-77-75-73-71-69-67-65-63-61-59-57-55-53-51-48-45-43-41-39-37-35-33-31-29-27-25-23-21-19-17-15-13-11-9-7-2/h8-11,14-17,20-23,26-29,32-35,38-41,44-46,48-50,53,55,59,61,92H,6-7,12-13,18-19,24-25,30-31,36-37,42-43,47,51-52,54,56-58,60,62-91H2,1-5H3/b10-8-,11-9-,16-14-,17-15-,22-20-,23-21-,28-26-,29-27-,34-32-,35-33-,40-38-,41-39-,46-44-,48-45-,50-49-,55-53-,61-59-. The lowest BCUT2D eigenvalue weighted by molar-refractivity contribution is -0.870. The fraction of sp³-hybridized carbons (Fsp3) is 0.617. The Labute approximate surface area is 640 Å². The number of phosphoric ester groups is 1. The number of quaternary nitrogens is 1. The van der Waals surface area contributed by atoms with E-state index in [1.54, 1.807) is 0 Å². The third kappa shape index (κ3) is 85.5. The Bertz CT molecular complexity index is 2520. The van der Waals surface area contributed by atoms with Gasteiger partial charge < -0.3 is 27.9 Å². The Morgan fingerprint density at radius 2 is 0.519 bits per heavy atom. The molecule has 0 saturated carbocycles. The molecule has 0 aromatic heterocycles. The van der Waals surface area contributed by atoms with Crippen LogP contribution in [0.5, 0.6) is 0 Å². The number of rotatable bonds is 75. The molecular weight excluding hydrogens is 1300 g/mol. The monoisotopic (exact) mass is 1460 g/mol. The van der Waals surface area contributed by atoms with Gasteiger partial charge in [-0.15, -0.1) is 0 Å². The van der Waals surface area contributed by atoms with Crippen LogP contribution in [0.15, 0.2) is 207 Å². The summed E-state index contributed by atoms with van der Waals surface area (Å²) in [6.45, 7) is 4.01. The first-order valence-corrected chi connectivity index (χ1v) is 43.3. The van der Waals surface area contributed by atoms with Gasteiger partial charge in [0.05, 0.1) is 27.7 Å². The molecule has 104 heavy (non-hydrogen) atoms. The predicted octanol–water partition coefficient (Wildman–Crippen LogP) is 27.9. The zero-order chi connectivity index (χ0) is 75.4. The van der Waals surface area contributed by atoms with Crippen LogP contribution in [0.4, 0.5) is 0 Å². The number of carbonyl (C=O) groups is 2. The SMILES string of the molecule is CC/C=C\C/C=C\C/C=C\C/C=C\C/C=C\C/C=C\C/C=C\C/C=C\C/C=C\CCCCCCCCCCCCCC(=O)OC(COC(=O)CCCCCCCCCCCCCCCCCC/C=C\C/C=C\C/C=C\C/C=C\C/C=C\C/C=C\C/C=C\C/C=C\CC)COP(=O)([O-])OCC[N+](C)(C)C. The highest BCUT2D eigenvalue weighted by Crippen LogP contribution is 2.38. The minimum atomic E-state index is -4.66. The van der Waals surface area contributed by atoms with Gasteiger partial charge >= 0.3 is 11.9 Å². The van der Waals surface area contributed by atoms with E-state index in [9.17, 15) is 19.0 Å². The largest absolute Gasteiger partial charge is 0.756 e. The van der Waals surface area contributed by atoms with Gasteiger partial charge in [0, 0.05) is 12.8 Å². The number of esters is 2. The molecule has 0 fully saturated rings. The van der Waals surface area contributed by atoms with E-state index in [4.69, 9.17) is 18.5 Å². The topological polar surface area (TPSA) is 111 Å². The van der Waals surface area contributed by atoms with Crippen molar-refractivity contribution in [2.75, 3.05) is 47.5 Å². The number of allylic oxidation sites excluding steroid dienone is 34. The van der Waals surface area contributed by atoms with Crippen molar-refractivity contribution < 1.29 is 42.1 Å². The van der Waals surface area contributed by atoms with E-state index in [-0.39, 0.29) is 32.0 Å². The number of unbranched alkanes of at least 4 members (excludes halogenated alkanes) is 27. The second-order valence-electron chi connectivity index (χ2n) is 28.4. The van der Waals surface area contributed by atoms with E-state index >= 15 is 0 Å². The van der Waals surface area contributed by atoms with Gasteiger partial charge in [-0.05, 0) is 148 Å². The summed E-state index contributed by atoms with van der Waals surface area (Å²) in [5.41, 5.74) is 0. The minimum absolute atomic E-state index is 0.0392. The molecule has 0 aromatic rings. The van der Waals surface area contributed by atoms with Gasteiger partial charge in [-0.25, -0.2) is 0 Å². The van der Waals surface area contributed by atoms with Crippen molar-refractivity contribution in [3.05, 3.63) is 207 Å². The highest BCUT2D eigenvalue weighted by atomic mass is 31.2. The molecule has 0 bridgehead atoms. The molecule has 10 heteroatoms. The summed E-state index contributed by atoms with van der Waals surface area (Å²) in [4.78, 5) is 38.2. The van der Waals surface area contributed by atoms with Crippen LogP contribution in [0.2, 0.25) is 0 Å². The normalized spacial score (nSPS) is 14.1. The smallest absolute Gasteiger partial charge is 0.306 e. The van der Waals surface area contributed by atoms with E-state index in [1.165, 1.54) is 135 Å². The Morgan fingerprint density at radius 3 is 0.769 bits per heavy atom. The Kier molecular flexibility index (Phi) is 77.4. The van der Waals surface area contributed by atoms with Crippen LogP contribution in [-0.2, 0) is 32.7 Å². The maximum Gasteiger partial charge on any atom is 0.306 e. The highest BCUT2D eigenvalue weighted by molar-refractivity contribution is 7.45. The maximum absolute atomic E-state index is 12.9. The van der Waals surface area contributed by atoms with Gasteiger partial charge in [-0.2, -0.15) is 0 Å². The number of likely N-dealkylation sites (N-methyl/N-ethyl adjacent to an activating group) is 1. The third-order valence-electron chi connectivity index (χ3n) is 17.3.